The number of hydrogen-bond acceptors (Lipinski definition) is 8. The van der Waals surface area contributed by atoms with Crippen molar-refractivity contribution in [3.63, 3.8) is 0 Å². The average Bonchev–Trinajstić information content (AvgIpc) is 3.04. The second-order valence-electron chi connectivity index (χ2n) is 9.36. The van der Waals surface area contributed by atoms with Crippen LogP contribution in [0.25, 0.3) is 0 Å². The minimum absolute atomic E-state index is 0.0725. The first kappa shape index (κ1) is 30.0. The van der Waals surface area contributed by atoms with Crippen molar-refractivity contribution in [2.75, 3.05) is 6.61 Å². The minimum Gasteiger partial charge on any atom is -0.463 e. The van der Waals surface area contributed by atoms with Gasteiger partial charge in [0.05, 0.1) is 12.2 Å². The summed E-state index contributed by atoms with van der Waals surface area (Å²) >= 11 is 0. The fourth-order valence-electron chi connectivity index (χ4n) is 4.48. The second kappa shape index (κ2) is 17.4. The molecule has 1 unspecified atom stereocenters. The van der Waals surface area contributed by atoms with Gasteiger partial charge in [0.2, 0.25) is 0 Å². The normalized spacial score (nSPS) is 23.2. The Labute approximate surface area is 203 Å². The van der Waals surface area contributed by atoms with Gasteiger partial charge in [0.1, 0.15) is 18.5 Å². The summed E-state index contributed by atoms with van der Waals surface area (Å²) in [7, 11) is 0. The predicted molar refractivity (Wildman–Crippen MR) is 127 cm³/mol. The molecule has 0 spiro atoms. The zero-order chi connectivity index (χ0) is 25.3. The maximum Gasteiger partial charge on any atom is 0.305 e. The number of aliphatic hydroxyl groups excluding tert-OH is 2. The molecule has 0 saturated heterocycles. The molecule has 9 heteroatoms. The largest absolute Gasteiger partial charge is 0.463 e. The third kappa shape index (κ3) is 13.0. The SMILES string of the molecule is CCCCCCCC(=O)CC[C@@H]1[C@@H](C/C=C\CCCC(=O)OCC(C)O[N+](=O)[O-])[C@@H](O)C[C@H]1O. The van der Waals surface area contributed by atoms with Crippen LogP contribution in [0.4, 0.5) is 0 Å². The summed E-state index contributed by atoms with van der Waals surface area (Å²) in [6.45, 7) is 3.45. The lowest BCUT2D eigenvalue weighted by atomic mass is 9.86. The van der Waals surface area contributed by atoms with E-state index in [0.717, 1.165) is 12.8 Å². The number of allylic oxidation sites excluding steroid dienone is 2. The highest BCUT2D eigenvalue weighted by Crippen LogP contribution is 2.38. The first-order valence-electron chi connectivity index (χ1n) is 12.7. The van der Waals surface area contributed by atoms with Crippen LogP contribution in [0.3, 0.4) is 0 Å². The topological polar surface area (TPSA) is 136 Å². The van der Waals surface area contributed by atoms with E-state index in [1.807, 2.05) is 12.2 Å². The molecule has 0 aliphatic heterocycles. The van der Waals surface area contributed by atoms with Gasteiger partial charge in [-0.15, -0.1) is 10.1 Å². The lowest BCUT2D eigenvalue weighted by Gasteiger charge is -2.22. The van der Waals surface area contributed by atoms with Gasteiger partial charge in [0.25, 0.3) is 5.09 Å². The molecule has 5 atom stereocenters. The summed E-state index contributed by atoms with van der Waals surface area (Å²) in [6.07, 6.45) is 11.6. The number of hydrogen-bond donors (Lipinski definition) is 2. The number of nitrogens with zero attached hydrogens (tertiary/aromatic N) is 1. The highest BCUT2D eigenvalue weighted by molar-refractivity contribution is 5.78. The van der Waals surface area contributed by atoms with Crippen molar-refractivity contribution in [3.8, 4) is 0 Å². The monoisotopic (exact) mass is 485 g/mol. The van der Waals surface area contributed by atoms with Crippen LogP contribution in [0.1, 0.15) is 97.3 Å². The van der Waals surface area contributed by atoms with Crippen molar-refractivity contribution in [3.05, 3.63) is 22.3 Å². The fraction of sp³-hybridized carbons (Fsp3) is 0.840. The number of carbonyl (C=O) groups excluding carboxylic acids is 2. The molecule has 1 rings (SSSR count). The lowest BCUT2D eigenvalue weighted by molar-refractivity contribution is -0.767. The summed E-state index contributed by atoms with van der Waals surface area (Å²) in [5, 5.41) is 30.0. The van der Waals surface area contributed by atoms with Gasteiger partial charge >= 0.3 is 5.97 Å². The van der Waals surface area contributed by atoms with Crippen LogP contribution in [-0.2, 0) is 19.2 Å². The van der Waals surface area contributed by atoms with Crippen molar-refractivity contribution >= 4 is 11.8 Å². The van der Waals surface area contributed by atoms with Gasteiger partial charge in [0, 0.05) is 19.3 Å². The van der Waals surface area contributed by atoms with E-state index in [2.05, 4.69) is 11.8 Å². The lowest BCUT2D eigenvalue weighted by Crippen LogP contribution is -2.22. The number of Topliss-reactive ketones (excluding diaryl/α,β-unsaturated/α-hetero) is 1. The molecule has 0 aromatic heterocycles. The summed E-state index contributed by atoms with van der Waals surface area (Å²) in [6, 6.07) is 0. The Morgan fingerprint density at radius 1 is 1.03 bits per heavy atom. The number of ether oxygens (including phenoxy) is 1. The van der Waals surface area contributed by atoms with Gasteiger partial charge in [-0.2, -0.15) is 0 Å². The highest BCUT2D eigenvalue weighted by atomic mass is 17.0. The van der Waals surface area contributed by atoms with E-state index in [9.17, 15) is 29.9 Å². The fourth-order valence-corrected chi connectivity index (χ4v) is 4.48. The Morgan fingerprint density at radius 2 is 1.74 bits per heavy atom. The molecular formula is C25H43NO8. The molecule has 0 aromatic carbocycles. The quantitative estimate of drug-likeness (QED) is 0.0908. The summed E-state index contributed by atoms with van der Waals surface area (Å²) in [4.78, 5) is 38.4. The molecule has 0 amide bonds. The third-order valence-electron chi connectivity index (χ3n) is 6.41. The number of ketones is 1. The van der Waals surface area contributed by atoms with Gasteiger partial charge in [0.15, 0.2) is 0 Å². The molecule has 0 radical (unpaired) electrons. The molecule has 9 nitrogen and oxygen atoms in total. The van der Waals surface area contributed by atoms with Gasteiger partial charge in [-0.05, 0) is 57.3 Å². The van der Waals surface area contributed by atoms with E-state index >= 15 is 0 Å². The van der Waals surface area contributed by atoms with Crippen molar-refractivity contribution in [1.29, 1.82) is 0 Å². The van der Waals surface area contributed by atoms with Crippen LogP contribution in [0.5, 0.6) is 0 Å². The zero-order valence-corrected chi connectivity index (χ0v) is 20.7. The van der Waals surface area contributed by atoms with Crippen LogP contribution in [0.15, 0.2) is 12.2 Å². The zero-order valence-electron chi connectivity index (χ0n) is 20.7. The molecule has 1 aliphatic rings. The molecule has 2 N–H and O–H groups in total. The Bertz CT molecular complexity index is 638. The second-order valence-corrected chi connectivity index (χ2v) is 9.36. The predicted octanol–water partition coefficient (Wildman–Crippen LogP) is 4.31. The molecule has 1 aliphatic carbocycles. The van der Waals surface area contributed by atoms with Crippen LogP contribution in [0.2, 0.25) is 0 Å². The van der Waals surface area contributed by atoms with Crippen LogP contribution in [-0.4, -0.2) is 52.0 Å². The average molecular weight is 486 g/mol. The first-order valence-corrected chi connectivity index (χ1v) is 12.7. The van der Waals surface area contributed by atoms with E-state index in [1.54, 1.807) is 0 Å². The maximum absolute atomic E-state index is 12.2. The van der Waals surface area contributed by atoms with Crippen LogP contribution in [0, 0.1) is 22.0 Å². The third-order valence-corrected chi connectivity index (χ3v) is 6.41. The first-order chi connectivity index (χ1) is 16.2. The van der Waals surface area contributed by atoms with Crippen LogP contribution < -0.4 is 0 Å². The summed E-state index contributed by atoms with van der Waals surface area (Å²) < 4.78 is 4.94. The Kier molecular flexibility index (Phi) is 15.4. The molecular weight excluding hydrogens is 442 g/mol. The van der Waals surface area contributed by atoms with Gasteiger partial charge in [-0.1, -0.05) is 44.8 Å². The maximum atomic E-state index is 12.2. The molecule has 0 heterocycles. The Balaban J connectivity index is 2.27. The minimum atomic E-state index is -0.915. The number of unbranched alkanes of at least 4 members (excludes halogenated alkanes) is 5. The van der Waals surface area contributed by atoms with E-state index < -0.39 is 29.4 Å². The van der Waals surface area contributed by atoms with E-state index in [-0.39, 0.29) is 30.6 Å². The van der Waals surface area contributed by atoms with Crippen LogP contribution >= 0.6 is 0 Å². The number of rotatable bonds is 19. The van der Waals surface area contributed by atoms with Crippen molar-refractivity contribution < 1.29 is 34.5 Å². The summed E-state index contributed by atoms with van der Waals surface area (Å²) in [5.41, 5.74) is 0. The standard InChI is InChI=1S/C25H43NO8/c1-3-4-5-6-9-12-20(27)15-16-22-21(23(28)17-24(22)29)13-10-7-8-11-14-25(30)33-18-19(2)34-26(31)32/h7,10,19,21-24,28-29H,3-6,8-9,11-18H2,1-2H3/b10-7-/t19?,21-,22-,23+,24-/m1/s1. The van der Waals surface area contributed by atoms with Gasteiger partial charge in [-0.25, -0.2) is 0 Å². The molecule has 0 bridgehead atoms. The van der Waals surface area contributed by atoms with E-state index in [0.29, 0.717) is 44.9 Å². The summed E-state index contributed by atoms with van der Waals surface area (Å²) in [5.74, 6) is -0.346. The van der Waals surface area contributed by atoms with Crippen molar-refractivity contribution in [2.24, 2.45) is 11.8 Å². The smallest absolute Gasteiger partial charge is 0.305 e. The Hall–Kier alpha value is -2.00. The Morgan fingerprint density at radius 3 is 2.44 bits per heavy atom. The van der Waals surface area contributed by atoms with Crippen molar-refractivity contribution in [1.82, 2.24) is 0 Å². The molecule has 34 heavy (non-hydrogen) atoms. The van der Waals surface area contributed by atoms with E-state index in [4.69, 9.17) is 4.74 Å². The number of esters is 1. The highest BCUT2D eigenvalue weighted by Gasteiger charge is 2.40. The van der Waals surface area contributed by atoms with Crippen molar-refractivity contribution in [2.45, 2.75) is 116 Å². The number of aliphatic hydroxyl groups is 2. The van der Waals surface area contributed by atoms with Gasteiger partial charge < -0.3 is 19.8 Å². The molecule has 196 valence electrons. The molecule has 1 fully saturated rings. The molecule has 1 saturated carbocycles. The van der Waals surface area contributed by atoms with Gasteiger partial charge in [-0.3, -0.25) is 9.59 Å². The van der Waals surface area contributed by atoms with E-state index in [1.165, 1.54) is 26.2 Å². The number of carbonyl (C=O) groups is 2. The molecule has 0 aromatic rings.